The Morgan fingerprint density at radius 2 is 1.79 bits per heavy atom. The van der Waals surface area contributed by atoms with E-state index in [4.69, 9.17) is 0 Å². The molecule has 1 heterocycles. The van der Waals surface area contributed by atoms with E-state index in [-0.39, 0.29) is 29.6 Å². The first-order chi connectivity index (χ1) is 16.0. The van der Waals surface area contributed by atoms with Gasteiger partial charge in [-0.25, -0.2) is 0 Å². The van der Waals surface area contributed by atoms with Gasteiger partial charge in [-0.3, -0.25) is 9.59 Å². The Labute approximate surface area is 201 Å². The third-order valence-corrected chi connectivity index (χ3v) is 8.26. The van der Waals surface area contributed by atoms with E-state index >= 15 is 0 Å². The van der Waals surface area contributed by atoms with Gasteiger partial charge in [0.2, 0.25) is 5.91 Å². The number of nitrogens with one attached hydrogen (secondary N) is 1. The molecule has 1 amide bonds. The molecule has 1 saturated heterocycles. The minimum absolute atomic E-state index is 0.249. The van der Waals surface area contributed by atoms with Gasteiger partial charge in [0.1, 0.15) is 5.60 Å². The number of allylic oxidation sites excluding steroid dienone is 1. The van der Waals surface area contributed by atoms with Gasteiger partial charge in [0, 0.05) is 23.8 Å². The zero-order valence-corrected chi connectivity index (χ0v) is 20.0. The van der Waals surface area contributed by atoms with Crippen molar-refractivity contribution < 1.29 is 24.9 Å². The van der Waals surface area contributed by atoms with Crippen LogP contribution in [-0.2, 0) is 16.0 Å². The fraction of sp³-hybridized carbons (Fsp3) is 0.500. The van der Waals surface area contributed by atoms with Crippen LogP contribution in [0.5, 0.6) is 0 Å². The zero-order chi connectivity index (χ0) is 24.8. The van der Waals surface area contributed by atoms with Gasteiger partial charge in [-0.15, -0.1) is 0 Å². The standard InChI is InChI=1S/C28H35NO5/c1-16-9-8-12-20-24(31)18(3)17(2)23-21(15-19-10-6-5-7-11-19)29-26(33)28(20,23)22(30)13-14-27(4,34)25(16)32/h5-8,10-14,16-17,20-24,30-31,34H,3,9,15H2,1-2,4H3,(H,29,33)/t16-,17+,20-,21-,22-,23-,24+,27+,28+/m0/s1. The first-order valence-corrected chi connectivity index (χ1v) is 12.0. The lowest BCUT2D eigenvalue weighted by Crippen LogP contribution is -2.59. The summed E-state index contributed by atoms with van der Waals surface area (Å²) < 4.78 is 0. The lowest BCUT2D eigenvalue weighted by atomic mass is 9.51. The molecule has 4 N–H and O–H groups in total. The van der Waals surface area contributed by atoms with Gasteiger partial charge in [-0.2, -0.15) is 0 Å². The van der Waals surface area contributed by atoms with Crippen LogP contribution in [-0.4, -0.2) is 50.9 Å². The van der Waals surface area contributed by atoms with Crippen LogP contribution in [0.2, 0.25) is 0 Å². The Hall–Kier alpha value is -2.54. The summed E-state index contributed by atoms with van der Waals surface area (Å²) in [5.41, 5.74) is -1.46. The lowest BCUT2D eigenvalue weighted by molar-refractivity contribution is -0.147. The van der Waals surface area contributed by atoms with Crippen molar-refractivity contribution in [2.75, 3.05) is 0 Å². The number of aliphatic hydroxyl groups is 3. The van der Waals surface area contributed by atoms with Crippen LogP contribution >= 0.6 is 0 Å². The maximum Gasteiger partial charge on any atom is 0.230 e. The van der Waals surface area contributed by atoms with Crippen molar-refractivity contribution in [3.8, 4) is 0 Å². The number of benzene rings is 1. The molecule has 2 fully saturated rings. The predicted octanol–water partition coefficient (Wildman–Crippen LogP) is 2.35. The summed E-state index contributed by atoms with van der Waals surface area (Å²) in [5, 5.41) is 36.8. The minimum Gasteiger partial charge on any atom is -0.388 e. The molecule has 34 heavy (non-hydrogen) atoms. The summed E-state index contributed by atoms with van der Waals surface area (Å²) in [6, 6.07) is 9.57. The molecule has 9 atom stereocenters. The van der Waals surface area contributed by atoms with Crippen LogP contribution in [0.1, 0.15) is 32.8 Å². The molecule has 0 aromatic heterocycles. The molecule has 1 aliphatic heterocycles. The van der Waals surface area contributed by atoms with Crippen LogP contribution in [0, 0.1) is 29.1 Å². The van der Waals surface area contributed by atoms with Crippen molar-refractivity contribution in [3.05, 3.63) is 72.4 Å². The number of carbonyl (C=O) groups excluding carboxylic acids is 2. The smallest absolute Gasteiger partial charge is 0.230 e. The van der Waals surface area contributed by atoms with Crippen molar-refractivity contribution in [1.82, 2.24) is 5.32 Å². The quantitative estimate of drug-likeness (QED) is 0.502. The molecule has 182 valence electrons. The fourth-order valence-corrected chi connectivity index (χ4v) is 6.39. The predicted molar refractivity (Wildman–Crippen MR) is 129 cm³/mol. The van der Waals surface area contributed by atoms with Crippen LogP contribution in [0.25, 0.3) is 0 Å². The number of ketones is 1. The summed E-state index contributed by atoms with van der Waals surface area (Å²) in [6.07, 6.45) is 4.77. The average molecular weight is 466 g/mol. The van der Waals surface area contributed by atoms with E-state index in [1.807, 2.05) is 37.3 Å². The van der Waals surface area contributed by atoms with E-state index in [0.717, 1.165) is 5.56 Å². The molecule has 3 aliphatic rings. The highest BCUT2D eigenvalue weighted by Crippen LogP contribution is 2.57. The van der Waals surface area contributed by atoms with Crippen molar-refractivity contribution >= 4 is 11.7 Å². The SMILES string of the molecule is C=C1[C@@H](C)[C@H]2[C@H](Cc3ccccc3)NC(=O)[C@]23[C@@H](O)C=C[C@@](C)(O)C(=O)[C@@H](C)CC=C[C@H]3[C@@H]1O. The van der Waals surface area contributed by atoms with Gasteiger partial charge in [-0.1, -0.05) is 69.0 Å². The summed E-state index contributed by atoms with van der Waals surface area (Å²) in [7, 11) is 0. The van der Waals surface area contributed by atoms with E-state index in [2.05, 4.69) is 11.9 Å². The highest BCUT2D eigenvalue weighted by molar-refractivity contribution is 5.91. The minimum atomic E-state index is -1.78. The summed E-state index contributed by atoms with van der Waals surface area (Å²) in [6.45, 7) is 9.24. The number of aliphatic hydroxyl groups excluding tert-OH is 2. The largest absolute Gasteiger partial charge is 0.388 e. The Balaban J connectivity index is 1.87. The molecule has 1 spiro atoms. The van der Waals surface area contributed by atoms with Gasteiger partial charge in [0.25, 0.3) is 0 Å². The van der Waals surface area contributed by atoms with Gasteiger partial charge >= 0.3 is 0 Å². The van der Waals surface area contributed by atoms with E-state index < -0.39 is 35.1 Å². The maximum absolute atomic E-state index is 13.8. The summed E-state index contributed by atoms with van der Waals surface area (Å²) >= 11 is 0. The molecular formula is C28H35NO5. The average Bonchev–Trinajstić information content (AvgIpc) is 3.09. The highest BCUT2D eigenvalue weighted by atomic mass is 16.3. The van der Waals surface area contributed by atoms with Crippen molar-refractivity contribution in [2.45, 2.75) is 57.5 Å². The first kappa shape index (κ1) is 24.6. The molecule has 1 aromatic carbocycles. The van der Waals surface area contributed by atoms with E-state index in [1.165, 1.54) is 19.1 Å². The second-order valence-electron chi connectivity index (χ2n) is 10.4. The summed E-state index contributed by atoms with van der Waals surface area (Å²) in [4.78, 5) is 26.6. The Morgan fingerprint density at radius 1 is 1.12 bits per heavy atom. The number of amides is 1. The number of Topliss-reactive ketones (excluding diaryl/α,β-unsaturated/α-hetero) is 1. The molecule has 4 rings (SSSR count). The second kappa shape index (κ2) is 8.91. The fourth-order valence-electron chi connectivity index (χ4n) is 6.39. The molecule has 0 unspecified atom stereocenters. The molecule has 6 nitrogen and oxygen atoms in total. The van der Waals surface area contributed by atoms with Gasteiger partial charge in [0.05, 0.1) is 17.6 Å². The zero-order valence-electron chi connectivity index (χ0n) is 20.0. The van der Waals surface area contributed by atoms with Crippen LogP contribution in [0.3, 0.4) is 0 Å². The molecule has 0 radical (unpaired) electrons. The number of hydrogen-bond donors (Lipinski definition) is 4. The van der Waals surface area contributed by atoms with Crippen LogP contribution < -0.4 is 5.32 Å². The van der Waals surface area contributed by atoms with Gasteiger partial charge in [-0.05, 0) is 42.9 Å². The molecular weight excluding hydrogens is 430 g/mol. The third-order valence-electron chi connectivity index (χ3n) is 8.26. The number of carbonyl (C=O) groups is 2. The molecule has 6 heteroatoms. The normalized spacial score (nSPS) is 42.5. The Morgan fingerprint density at radius 3 is 2.47 bits per heavy atom. The first-order valence-electron chi connectivity index (χ1n) is 12.0. The van der Waals surface area contributed by atoms with E-state index in [1.54, 1.807) is 19.1 Å². The van der Waals surface area contributed by atoms with Crippen molar-refractivity contribution in [2.24, 2.45) is 29.1 Å². The topological polar surface area (TPSA) is 107 Å². The van der Waals surface area contributed by atoms with E-state index in [0.29, 0.717) is 18.4 Å². The maximum atomic E-state index is 13.8. The van der Waals surface area contributed by atoms with E-state index in [9.17, 15) is 24.9 Å². The van der Waals surface area contributed by atoms with Crippen molar-refractivity contribution in [3.63, 3.8) is 0 Å². The Kier molecular flexibility index (Phi) is 6.44. The molecule has 2 aliphatic carbocycles. The Bertz CT molecular complexity index is 1030. The monoisotopic (exact) mass is 465 g/mol. The third kappa shape index (κ3) is 3.78. The summed E-state index contributed by atoms with van der Waals surface area (Å²) in [5.74, 6) is -2.50. The number of hydrogen-bond acceptors (Lipinski definition) is 5. The molecule has 1 aromatic rings. The van der Waals surface area contributed by atoms with Gasteiger partial charge in [0.15, 0.2) is 5.78 Å². The van der Waals surface area contributed by atoms with Gasteiger partial charge < -0.3 is 20.6 Å². The molecule has 1 saturated carbocycles. The van der Waals surface area contributed by atoms with Crippen LogP contribution in [0.4, 0.5) is 0 Å². The lowest BCUT2D eigenvalue weighted by Gasteiger charge is -2.51. The highest BCUT2D eigenvalue weighted by Gasteiger charge is 2.67. The second-order valence-corrected chi connectivity index (χ2v) is 10.4. The van der Waals surface area contributed by atoms with Crippen molar-refractivity contribution in [1.29, 1.82) is 0 Å². The van der Waals surface area contributed by atoms with Crippen LogP contribution in [0.15, 0.2) is 66.8 Å². The number of rotatable bonds is 2. The molecule has 0 bridgehead atoms.